The van der Waals surface area contributed by atoms with Crippen LogP contribution in [0.15, 0.2) is 60.7 Å². The van der Waals surface area contributed by atoms with E-state index < -0.39 is 5.60 Å². The summed E-state index contributed by atoms with van der Waals surface area (Å²) in [4.78, 5) is 13.6. The number of nitrogens with zero attached hydrogens (tertiary/aromatic N) is 1. The van der Waals surface area contributed by atoms with Crippen LogP contribution in [0.2, 0.25) is 0 Å². The van der Waals surface area contributed by atoms with E-state index in [1.165, 1.54) is 7.11 Å². The maximum atomic E-state index is 11.8. The van der Waals surface area contributed by atoms with Crippen molar-refractivity contribution in [2.75, 3.05) is 26.7 Å². The maximum Gasteiger partial charge on any atom is 0.306 e. The first-order valence-corrected chi connectivity index (χ1v) is 9.27. The van der Waals surface area contributed by atoms with Gasteiger partial charge in [0.15, 0.2) is 0 Å². The molecule has 27 heavy (non-hydrogen) atoms. The number of carbonyl (C=O) groups excluding carboxylic acids is 1. The van der Waals surface area contributed by atoms with Crippen molar-refractivity contribution in [3.05, 3.63) is 71.8 Å². The van der Waals surface area contributed by atoms with Crippen molar-refractivity contribution in [3.63, 3.8) is 0 Å². The number of hydrogen-bond donors (Lipinski definition) is 1. The Bertz CT molecular complexity index is 661. The number of carbonyl (C=O) groups is 1. The highest BCUT2D eigenvalue weighted by molar-refractivity contribution is 6.92. The second-order valence-electron chi connectivity index (χ2n) is 6.94. The lowest BCUT2D eigenvalue weighted by molar-refractivity contribution is -0.141. The maximum absolute atomic E-state index is 11.8. The third kappa shape index (κ3) is 4.95. The summed E-state index contributed by atoms with van der Waals surface area (Å²) in [5.41, 5.74) is 0.898. The van der Waals surface area contributed by atoms with Crippen LogP contribution in [0.4, 0.5) is 0 Å². The number of aliphatic hydroxyl groups is 1. The van der Waals surface area contributed by atoms with Gasteiger partial charge in [-0.1, -0.05) is 60.7 Å². The van der Waals surface area contributed by atoms with E-state index in [2.05, 4.69) is 4.90 Å². The first-order chi connectivity index (χ1) is 12.6. The number of rotatable bonds is 6. The fraction of sp³-hybridized carbons (Fsp3) is 0.409. The Balaban J connectivity index is 0.00000261. The van der Waals surface area contributed by atoms with E-state index in [1.54, 1.807) is 0 Å². The Morgan fingerprint density at radius 1 is 1.04 bits per heavy atom. The standard InChI is InChI=1S/C22H27NO3.H3P/c1-26-21(24)14-17-23-15-12-20(13-16-23)22(25,18-8-4-2-5-9-18)19-10-6-3-7-11-19;/h2-11,20,25H,12-17H2,1H3;1H3. The van der Waals surface area contributed by atoms with Crippen molar-refractivity contribution in [1.29, 1.82) is 0 Å². The molecule has 0 aromatic heterocycles. The van der Waals surface area contributed by atoms with E-state index in [1.807, 2.05) is 60.7 Å². The van der Waals surface area contributed by atoms with Crippen molar-refractivity contribution in [2.24, 2.45) is 5.92 Å². The highest BCUT2D eigenvalue weighted by Crippen LogP contribution is 2.41. The summed E-state index contributed by atoms with van der Waals surface area (Å²) in [6, 6.07) is 19.9. The van der Waals surface area contributed by atoms with E-state index in [0.717, 1.165) is 37.1 Å². The lowest BCUT2D eigenvalue weighted by Crippen LogP contribution is -2.44. The number of benzene rings is 2. The van der Waals surface area contributed by atoms with E-state index in [-0.39, 0.29) is 21.8 Å². The third-order valence-corrected chi connectivity index (χ3v) is 5.47. The summed E-state index contributed by atoms with van der Waals surface area (Å²) in [6.45, 7) is 2.47. The molecule has 5 heteroatoms. The van der Waals surface area contributed by atoms with Gasteiger partial charge in [0, 0.05) is 6.54 Å². The first-order valence-electron chi connectivity index (χ1n) is 9.27. The van der Waals surface area contributed by atoms with E-state index in [4.69, 9.17) is 4.74 Å². The summed E-state index contributed by atoms with van der Waals surface area (Å²) in [7, 11) is 1.43. The van der Waals surface area contributed by atoms with Gasteiger partial charge in [0.05, 0.1) is 13.5 Å². The largest absolute Gasteiger partial charge is 0.469 e. The lowest BCUT2D eigenvalue weighted by Gasteiger charge is -2.42. The molecule has 1 aliphatic heterocycles. The summed E-state index contributed by atoms with van der Waals surface area (Å²) in [5.74, 6) is -0.0288. The molecule has 0 aliphatic carbocycles. The predicted octanol–water partition coefficient (Wildman–Crippen LogP) is 3.26. The Labute approximate surface area is 165 Å². The van der Waals surface area contributed by atoms with Gasteiger partial charge in [-0.15, -0.1) is 0 Å². The number of piperidine rings is 1. The monoisotopic (exact) mass is 387 g/mol. The molecule has 1 saturated heterocycles. The molecule has 2 aromatic carbocycles. The molecule has 4 nitrogen and oxygen atoms in total. The number of ether oxygens (including phenoxy) is 1. The van der Waals surface area contributed by atoms with Crippen LogP contribution in [-0.2, 0) is 15.1 Å². The molecule has 146 valence electrons. The van der Waals surface area contributed by atoms with Crippen LogP contribution in [0.25, 0.3) is 0 Å². The fourth-order valence-electron chi connectivity index (χ4n) is 3.95. The molecule has 1 N–H and O–H groups in total. The molecule has 1 unspecified atom stereocenters. The normalized spacial score (nSPS) is 15.8. The number of hydrogen-bond acceptors (Lipinski definition) is 4. The van der Waals surface area contributed by atoms with Gasteiger partial charge in [-0.2, -0.15) is 9.90 Å². The first kappa shape index (κ1) is 21.6. The molecule has 1 fully saturated rings. The molecule has 0 saturated carbocycles. The van der Waals surface area contributed by atoms with Crippen molar-refractivity contribution in [1.82, 2.24) is 4.90 Å². The van der Waals surface area contributed by atoms with Crippen LogP contribution in [0.5, 0.6) is 0 Å². The van der Waals surface area contributed by atoms with Crippen LogP contribution >= 0.6 is 9.90 Å². The molecule has 1 heterocycles. The van der Waals surface area contributed by atoms with Gasteiger partial charge in [-0.25, -0.2) is 0 Å². The summed E-state index contributed by atoms with van der Waals surface area (Å²) < 4.78 is 4.73. The molecule has 3 rings (SSSR count). The molecular weight excluding hydrogens is 357 g/mol. The second-order valence-corrected chi connectivity index (χ2v) is 6.94. The Hall–Kier alpha value is -1.74. The Morgan fingerprint density at radius 3 is 1.96 bits per heavy atom. The molecule has 1 aliphatic rings. The molecule has 2 aromatic rings. The van der Waals surface area contributed by atoms with Gasteiger partial charge < -0.3 is 14.7 Å². The van der Waals surface area contributed by atoms with Crippen LogP contribution in [0.3, 0.4) is 0 Å². The number of likely N-dealkylation sites (tertiary alicyclic amines) is 1. The minimum absolute atomic E-state index is 0. The Kier molecular flexibility index (Phi) is 7.97. The lowest BCUT2D eigenvalue weighted by atomic mass is 9.72. The molecule has 0 spiro atoms. The average Bonchev–Trinajstić information content (AvgIpc) is 2.73. The topological polar surface area (TPSA) is 49.8 Å². The SMILES string of the molecule is COC(=O)CCN1CCC(C(O)(c2ccccc2)c2ccccc2)CC1.P. The molecule has 1 atom stereocenters. The highest BCUT2D eigenvalue weighted by Gasteiger charge is 2.41. The molecular formula is C22H30NO3P. The summed E-state index contributed by atoms with van der Waals surface area (Å²) >= 11 is 0. The van der Waals surface area contributed by atoms with Crippen LogP contribution < -0.4 is 0 Å². The second kappa shape index (κ2) is 9.98. The van der Waals surface area contributed by atoms with Gasteiger partial charge in [0.1, 0.15) is 5.60 Å². The van der Waals surface area contributed by atoms with Crippen LogP contribution in [-0.4, -0.2) is 42.7 Å². The van der Waals surface area contributed by atoms with E-state index in [0.29, 0.717) is 13.0 Å². The van der Waals surface area contributed by atoms with E-state index in [9.17, 15) is 9.90 Å². The van der Waals surface area contributed by atoms with Gasteiger partial charge >= 0.3 is 5.97 Å². The van der Waals surface area contributed by atoms with Gasteiger partial charge in [-0.3, -0.25) is 4.79 Å². The zero-order valence-corrected chi connectivity index (χ0v) is 17.4. The van der Waals surface area contributed by atoms with Gasteiger partial charge in [0.2, 0.25) is 0 Å². The van der Waals surface area contributed by atoms with Crippen LogP contribution in [0.1, 0.15) is 30.4 Å². The van der Waals surface area contributed by atoms with Crippen molar-refractivity contribution >= 4 is 15.9 Å². The quantitative estimate of drug-likeness (QED) is 0.611. The van der Waals surface area contributed by atoms with Gasteiger partial charge in [0.25, 0.3) is 0 Å². The Morgan fingerprint density at radius 2 is 1.52 bits per heavy atom. The third-order valence-electron chi connectivity index (χ3n) is 5.47. The minimum Gasteiger partial charge on any atom is -0.469 e. The van der Waals surface area contributed by atoms with E-state index >= 15 is 0 Å². The molecule has 0 amide bonds. The zero-order chi connectivity index (χ0) is 18.4. The zero-order valence-electron chi connectivity index (χ0n) is 16.0. The average molecular weight is 387 g/mol. The summed E-state index contributed by atoms with van der Waals surface area (Å²) in [6.07, 6.45) is 2.20. The number of esters is 1. The van der Waals surface area contributed by atoms with Crippen LogP contribution in [0, 0.1) is 5.92 Å². The predicted molar refractivity (Wildman–Crippen MR) is 113 cm³/mol. The summed E-state index contributed by atoms with van der Waals surface area (Å²) in [5, 5.41) is 11.8. The van der Waals surface area contributed by atoms with Gasteiger partial charge in [-0.05, 0) is 43.0 Å². The molecule has 0 radical (unpaired) electrons. The molecule has 0 bridgehead atoms. The van der Waals surface area contributed by atoms with Crippen molar-refractivity contribution in [2.45, 2.75) is 24.9 Å². The fourth-order valence-corrected chi connectivity index (χ4v) is 3.95. The smallest absolute Gasteiger partial charge is 0.306 e. The van der Waals surface area contributed by atoms with Crippen molar-refractivity contribution in [3.8, 4) is 0 Å². The van der Waals surface area contributed by atoms with Crippen molar-refractivity contribution < 1.29 is 14.6 Å². The minimum atomic E-state index is -0.989. The number of methoxy groups -OCH3 is 1. The highest BCUT2D eigenvalue weighted by atomic mass is 31.0.